The second kappa shape index (κ2) is 9.02. The van der Waals surface area contributed by atoms with Gasteiger partial charge < -0.3 is 5.32 Å². The van der Waals surface area contributed by atoms with E-state index in [4.69, 9.17) is 12.2 Å². The molecule has 9 heteroatoms. The second-order valence-electron chi connectivity index (χ2n) is 6.22. The van der Waals surface area contributed by atoms with E-state index in [1.54, 1.807) is 36.4 Å². The summed E-state index contributed by atoms with van der Waals surface area (Å²) in [6.45, 7) is 0. The highest BCUT2D eigenvalue weighted by Crippen LogP contribution is 2.22. The van der Waals surface area contributed by atoms with Crippen molar-refractivity contribution < 1.29 is 17.6 Å². The van der Waals surface area contributed by atoms with E-state index in [0.717, 1.165) is 0 Å². The van der Waals surface area contributed by atoms with Crippen molar-refractivity contribution in [1.29, 1.82) is 0 Å². The number of halogens is 1. The number of nitrogens with one attached hydrogen (secondary N) is 2. The van der Waals surface area contributed by atoms with Gasteiger partial charge in [0.05, 0.1) is 16.1 Å². The maximum atomic E-state index is 13.7. The molecule has 6 nitrogen and oxygen atoms in total. The van der Waals surface area contributed by atoms with Gasteiger partial charge in [-0.25, -0.2) is 12.8 Å². The first-order valence-corrected chi connectivity index (χ1v) is 10.6. The van der Waals surface area contributed by atoms with Gasteiger partial charge in [0.25, 0.3) is 15.9 Å². The number of thiocarbonyl (C=S) groups is 1. The van der Waals surface area contributed by atoms with Crippen molar-refractivity contribution in [2.24, 2.45) is 0 Å². The molecule has 0 aliphatic rings. The minimum atomic E-state index is -3.74. The number of benzene rings is 3. The highest BCUT2D eigenvalue weighted by atomic mass is 32.2. The molecular formula is C21H18FN3O3S2. The SMILES string of the molecule is CN(c1ccccc1)S(=O)(=O)c1ccc(NC(=S)NC(=O)c2ccccc2F)cc1. The summed E-state index contributed by atoms with van der Waals surface area (Å²) in [5, 5.41) is 5.11. The van der Waals surface area contributed by atoms with E-state index < -0.39 is 21.7 Å². The number of carbonyl (C=O) groups is 1. The third kappa shape index (κ3) is 4.81. The number of sulfonamides is 1. The van der Waals surface area contributed by atoms with E-state index in [1.165, 1.54) is 53.8 Å². The van der Waals surface area contributed by atoms with Crippen LogP contribution < -0.4 is 14.9 Å². The molecule has 3 aromatic carbocycles. The highest BCUT2D eigenvalue weighted by Gasteiger charge is 2.21. The molecule has 0 fully saturated rings. The van der Waals surface area contributed by atoms with E-state index in [-0.39, 0.29) is 15.6 Å². The molecule has 0 saturated heterocycles. The quantitative estimate of drug-likeness (QED) is 0.587. The number of anilines is 2. The first kappa shape index (κ1) is 21.4. The summed E-state index contributed by atoms with van der Waals surface area (Å²) in [6, 6.07) is 20.2. The van der Waals surface area contributed by atoms with Crippen LogP contribution in [0.3, 0.4) is 0 Å². The van der Waals surface area contributed by atoms with Gasteiger partial charge in [-0.1, -0.05) is 30.3 Å². The van der Waals surface area contributed by atoms with Crippen molar-refractivity contribution in [3.63, 3.8) is 0 Å². The average Bonchev–Trinajstić information content (AvgIpc) is 2.74. The molecule has 0 radical (unpaired) electrons. The fourth-order valence-electron chi connectivity index (χ4n) is 2.62. The van der Waals surface area contributed by atoms with Crippen LogP contribution in [-0.2, 0) is 10.0 Å². The Hall–Kier alpha value is -3.30. The lowest BCUT2D eigenvalue weighted by molar-refractivity contribution is 0.0974. The molecule has 3 rings (SSSR count). The van der Waals surface area contributed by atoms with E-state index in [2.05, 4.69) is 10.6 Å². The zero-order valence-electron chi connectivity index (χ0n) is 15.9. The number of carbonyl (C=O) groups excluding carboxylic acids is 1. The Labute approximate surface area is 179 Å². The van der Waals surface area contributed by atoms with E-state index in [1.807, 2.05) is 0 Å². The van der Waals surface area contributed by atoms with E-state index >= 15 is 0 Å². The Kier molecular flexibility index (Phi) is 6.43. The molecule has 2 N–H and O–H groups in total. The number of nitrogens with zero attached hydrogens (tertiary/aromatic N) is 1. The Morgan fingerprint density at radius 2 is 1.53 bits per heavy atom. The van der Waals surface area contributed by atoms with Crippen molar-refractivity contribution in [1.82, 2.24) is 5.32 Å². The maximum absolute atomic E-state index is 13.7. The Morgan fingerprint density at radius 3 is 2.17 bits per heavy atom. The minimum absolute atomic E-state index is 0.0414. The maximum Gasteiger partial charge on any atom is 0.264 e. The van der Waals surface area contributed by atoms with E-state index in [9.17, 15) is 17.6 Å². The Morgan fingerprint density at radius 1 is 0.933 bits per heavy atom. The molecular weight excluding hydrogens is 425 g/mol. The van der Waals surface area contributed by atoms with Gasteiger partial charge in [0.15, 0.2) is 5.11 Å². The molecule has 30 heavy (non-hydrogen) atoms. The smallest absolute Gasteiger partial charge is 0.264 e. The summed E-state index contributed by atoms with van der Waals surface area (Å²) in [5.74, 6) is -1.34. The van der Waals surface area contributed by atoms with Crippen LogP contribution in [0.2, 0.25) is 0 Å². The first-order chi connectivity index (χ1) is 14.3. The summed E-state index contributed by atoms with van der Waals surface area (Å²) >= 11 is 5.08. The molecule has 0 spiro atoms. The van der Waals surface area contributed by atoms with Crippen LogP contribution in [0.25, 0.3) is 0 Å². The highest BCUT2D eigenvalue weighted by molar-refractivity contribution is 7.92. The number of para-hydroxylation sites is 1. The van der Waals surface area contributed by atoms with Crippen LogP contribution in [0.5, 0.6) is 0 Å². The number of hydrogen-bond donors (Lipinski definition) is 2. The number of hydrogen-bond acceptors (Lipinski definition) is 4. The summed E-state index contributed by atoms with van der Waals surface area (Å²) in [5.41, 5.74) is 0.874. The lowest BCUT2D eigenvalue weighted by Crippen LogP contribution is -2.34. The normalized spacial score (nSPS) is 10.9. The lowest BCUT2D eigenvalue weighted by Gasteiger charge is -2.19. The van der Waals surface area contributed by atoms with Crippen LogP contribution in [0.15, 0.2) is 83.8 Å². The van der Waals surface area contributed by atoms with Gasteiger partial charge in [0, 0.05) is 12.7 Å². The molecule has 1 amide bonds. The first-order valence-electron chi connectivity index (χ1n) is 8.80. The number of amides is 1. The van der Waals surface area contributed by atoms with E-state index in [0.29, 0.717) is 11.4 Å². The third-order valence-electron chi connectivity index (χ3n) is 4.24. The Balaban J connectivity index is 1.67. The summed E-state index contributed by atoms with van der Waals surface area (Å²) in [4.78, 5) is 12.2. The largest absolute Gasteiger partial charge is 0.332 e. The fourth-order valence-corrected chi connectivity index (χ4v) is 4.03. The molecule has 0 aliphatic heterocycles. The standard InChI is InChI=1S/C21H18FN3O3S2/c1-25(16-7-3-2-4-8-16)30(27,28)17-13-11-15(12-14-17)23-21(29)24-20(26)18-9-5-6-10-19(18)22/h2-14H,1H3,(H2,23,24,26,29). The second-order valence-corrected chi connectivity index (χ2v) is 8.60. The van der Waals surface area contributed by atoms with Gasteiger partial charge in [-0.3, -0.25) is 14.4 Å². The molecule has 0 unspecified atom stereocenters. The van der Waals surface area contributed by atoms with Crippen LogP contribution in [-0.4, -0.2) is 26.5 Å². The molecule has 0 aliphatic carbocycles. The van der Waals surface area contributed by atoms with Gasteiger partial charge in [0.1, 0.15) is 5.82 Å². The third-order valence-corrected chi connectivity index (χ3v) is 6.24. The predicted octanol–water partition coefficient (Wildman–Crippen LogP) is 3.78. The molecule has 0 aromatic heterocycles. The average molecular weight is 444 g/mol. The van der Waals surface area contributed by atoms with Gasteiger partial charge in [-0.2, -0.15) is 0 Å². The molecule has 0 saturated carbocycles. The van der Waals surface area contributed by atoms with Crippen molar-refractivity contribution in [3.05, 3.63) is 90.2 Å². The van der Waals surface area contributed by atoms with Gasteiger partial charge in [0.2, 0.25) is 0 Å². The zero-order valence-corrected chi connectivity index (χ0v) is 17.5. The van der Waals surface area contributed by atoms with Crippen molar-refractivity contribution >= 4 is 44.6 Å². The van der Waals surface area contributed by atoms with Gasteiger partial charge in [-0.05, 0) is 60.7 Å². The molecule has 154 valence electrons. The summed E-state index contributed by atoms with van der Waals surface area (Å²) in [7, 11) is -2.26. The van der Waals surface area contributed by atoms with Crippen LogP contribution >= 0.6 is 12.2 Å². The zero-order chi connectivity index (χ0) is 21.7. The summed E-state index contributed by atoms with van der Waals surface area (Å²) < 4.78 is 40.4. The van der Waals surface area contributed by atoms with Crippen LogP contribution in [0.4, 0.5) is 15.8 Å². The van der Waals surface area contributed by atoms with Crippen molar-refractivity contribution in [2.45, 2.75) is 4.90 Å². The molecule has 0 heterocycles. The van der Waals surface area contributed by atoms with Crippen molar-refractivity contribution in [2.75, 3.05) is 16.7 Å². The fraction of sp³-hybridized carbons (Fsp3) is 0.0476. The topological polar surface area (TPSA) is 78.5 Å². The van der Waals surface area contributed by atoms with Crippen LogP contribution in [0.1, 0.15) is 10.4 Å². The monoisotopic (exact) mass is 443 g/mol. The molecule has 0 bridgehead atoms. The van der Waals surface area contributed by atoms with Crippen LogP contribution in [0, 0.1) is 5.82 Å². The lowest BCUT2D eigenvalue weighted by atomic mass is 10.2. The van der Waals surface area contributed by atoms with Gasteiger partial charge >= 0.3 is 0 Å². The molecule has 0 atom stereocenters. The summed E-state index contributed by atoms with van der Waals surface area (Å²) in [6.07, 6.45) is 0. The molecule has 3 aromatic rings. The number of rotatable bonds is 5. The minimum Gasteiger partial charge on any atom is -0.332 e. The Bertz CT molecular complexity index is 1170. The predicted molar refractivity (Wildman–Crippen MR) is 119 cm³/mol. The van der Waals surface area contributed by atoms with Crippen molar-refractivity contribution in [3.8, 4) is 0 Å². The van der Waals surface area contributed by atoms with Gasteiger partial charge in [-0.15, -0.1) is 0 Å².